The lowest BCUT2D eigenvalue weighted by atomic mass is 10.0. The summed E-state index contributed by atoms with van der Waals surface area (Å²) in [5.74, 6) is 0.529. The molecule has 0 radical (unpaired) electrons. The molecule has 28 heavy (non-hydrogen) atoms. The summed E-state index contributed by atoms with van der Waals surface area (Å²) in [7, 11) is 0. The van der Waals surface area contributed by atoms with Gasteiger partial charge in [-0.15, -0.1) is 0 Å². The van der Waals surface area contributed by atoms with Gasteiger partial charge in [-0.1, -0.05) is 90.5 Å². The Kier molecular flexibility index (Phi) is 5.07. The van der Waals surface area contributed by atoms with Crippen molar-refractivity contribution in [1.29, 1.82) is 0 Å². The number of benzene rings is 3. The fraction of sp³-hybridized carbons (Fsp3) is 0.0800. The molecular weight excluding hydrogens is 346 g/mol. The molecule has 1 aliphatic rings. The summed E-state index contributed by atoms with van der Waals surface area (Å²) in [6.07, 6.45) is 7.71. The van der Waals surface area contributed by atoms with E-state index >= 15 is 0 Å². The van der Waals surface area contributed by atoms with E-state index in [9.17, 15) is 4.79 Å². The van der Waals surface area contributed by atoms with Crippen molar-refractivity contribution in [2.75, 3.05) is 4.90 Å². The molecule has 138 valence electrons. The van der Waals surface area contributed by atoms with Crippen LogP contribution in [0.15, 0.2) is 91.0 Å². The standard InChI is InChI=1S/C25H21NO2/c1-19-11-13-20(14-12-19)15-17-22-18-16-21-7-5-6-10-24(21)26(22)25(27)28-23-8-3-2-4-9-23/h2-18,22H,1H3/b17-15+/t22-/m1/s1. The quantitative estimate of drug-likeness (QED) is 0.559. The van der Waals surface area contributed by atoms with E-state index in [1.54, 1.807) is 17.0 Å². The molecule has 0 fully saturated rings. The van der Waals surface area contributed by atoms with Crippen LogP contribution in [0.3, 0.4) is 0 Å². The fourth-order valence-corrected chi connectivity index (χ4v) is 3.19. The summed E-state index contributed by atoms with van der Waals surface area (Å²) in [6.45, 7) is 2.07. The third-order valence-electron chi connectivity index (χ3n) is 4.68. The molecule has 1 atom stereocenters. The van der Waals surface area contributed by atoms with Gasteiger partial charge in [0.15, 0.2) is 0 Å². The van der Waals surface area contributed by atoms with Crippen molar-refractivity contribution < 1.29 is 9.53 Å². The summed E-state index contributed by atoms with van der Waals surface area (Å²) >= 11 is 0. The third-order valence-corrected chi connectivity index (χ3v) is 4.68. The highest BCUT2D eigenvalue weighted by Crippen LogP contribution is 2.30. The first-order chi connectivity index (χ1) is 13.7. The summed E-state index contributed by atoms with van der Waals surface area (Å²) < 4.78 is 5.63. The van der Waals surface area contributed by atoms with Gasteiger partial charge in [0.05, 0.1) is 11.7 Å². The Balaban J connectivity index is 1.64. The first-order valence-electron chi connectivity index (χ1n) is 9.29. The molecule has 0 bridgehead atoms. The minimum atomic E-state index is -0.401. The van der Waals surface area contributed by atoms with E-state index in [0.717, 1.165) is 16.8 Å². The lowest BCUT2D eigenvalue weighted by Crippen LogP contribution is -2.42. The van der Waals surface area contributed by atoms with Crippen LogP contribution in [0.1, 0.15) is 16.7 Å². The normalized spacial score (nSPS) is 15.5. The minimum Gasteiger partial charge on any atom is -0.410 e. The van der Waals surface area contributed by atoms with E-state index in [1.807, 2.05) is 66.8 Å². The summed E-state index contributed by atoms with van der Waals surface area (Å²) in [4.78, 5) is 14.7. The van der Waals surface area contributed by atoms with Crippen molar-refractivity contribution in [3.8, 4) is 5.75 Å². The number of rotatable bonds is 3. The third kappa shape index (κ3) is 3.89. The number of hydrogen-bond acceptors (Lipinski definition) is 2. The maximum atomic E-state index is 13.0. The molecule has 3 aromatic rings. The van der Waals surface area contributed by atoms with Crippen molar-refractivity contribution in [2.45, 2.75) is 13.0 Å². The number of carbonyl (C=O) groups excluding carboxylic acids is 1. The van der Waals surface area contributed by atoms with Crippen LogP contribution in [-0.4, -0.2) is 12.1 Å². The number of para-hydroxylation sites is 2. The van der Waals surface area contributed by atoms with Gasteiger partial charge in [0.25, 0.3) is 0 Å². The average molecular weight is 367 g/mol. The van der Waals surface area contributed by atoms with Gasteiger partial charge in [-0.05, 0) is 36.2 Å². The van der Waals surface area contributed by atoms with Crippen LogP contribution in [0.4, 0.5) is 10.5 Å². The summed E-state index contributed by atoms with van der Waals surface area (Å²) in [5, 5.41) is 0. The molecule has 3 nitrogen and oxygen atoms in total. The Labute approximate surface area is 165 Å². The van der Waals surface area contributed by atoms with Gasteiger partial charge in [-0.3, -0.25) is 4.90 Å². The van der Waals surface area contributed by atoms with Crippen molar-refractivity contribution in [1.82, 2.24) is 0 Å². The highest BCUT2D eigenvalue weighted by Gasteiger charge is 2.28. The number of fused-ring (bicyclic) bond motifs is 1. The van der Waals surface area contributed by atoms with Gasteiger partial charge in [0, 0.05) is 0 Å². The van der Waals surface area contributed by atoms with Crippen molar-refractivity contribution in [3.63, 3.8) is 0 Å². The number of anilines is 1. The van der Waals surface area contributed by atoms with Crippen molar-refractivity contribution in [2.24, 2.45) is 0 Å². The SMILES string of the molecule is Cc1ccc(/C=C/[C@@H]2C=Cc3ccccc3N2C(=O)Oc2ccccc2)cc1. The highest BCUT2D eigenvalue weighted by atomic mass is 16.6. The van der Waals surface area contributed by atoms with Crippen LogP contribution in [0.2, 0.25) is 0 Å². The largest absolute Gasteiger partial charge is 0.420 e. The predicted molar refractivity (Wildman–Crippen MR) is 114 cm³/mol. The number of nitrogens with zero attached hydrogens (tertiary/aromatic N) is 1. The molecular formula is C25H21NO2. The molecule has 0 aliphatic carbocycles. The second-order valence-corrected chi connectivity index (χ2v) is 6.73. The van der Waals surface area contributed by atoms with E-state index in [2.05, 4.69) is 31.2 Å². The van der Waals surface area contributed by atoms with E-state index in [-0.39, 0.29) is 6.04 Å². The Morgan fingerprint density at radius 2 is 1.64 bits per heavy atom. The fourth-order valence-electron chi connectivity index (χ4n) is 3.19. The van der Waals surface area contributed by atoms with Gasteiger partial charge in [0.2, 0.25) is 0 Å². The molecule has 3 heteroatoms. The van der Waals surface area contributed by atoms with Crippen molar-refractivity contribution >= 4 is 23.9 Å². The first-order valence-corrected chi connectivity index (χ1v) is 9.29. The van der Waals surface area contributed by atoms with Gasteiger partial charge < -0.3 is 4.74 Å². The second kappa shape index (κ2) is 7.97. The molecule has 0 saturated heterocycles. The van der Waals surface area contributed by atoms with Crippen LogP contribution >= 0.6 is 0 Å². The Morgan fingerprint density at radius 1 is 0.929 bits per heavy atom. The topological polar surface area (TPSA) is 29.5 Å². The highest BCUT2D eigenvalue weighted by molar-refractivity contribution is 5.95. The first kappa shape index (κ1) is 17.8. The lowest BCUT2D eigenvalue weighted by molar-refractivity contribution is 0.207. The average Bonchev–Trinajstić information content (AvgIpc) is 2.73. The monoisotopic (exact) mass is 367 g/mol. The molecule has 0 saturated carbocycles. The maximum Gasteiger partial charge on any atom is 0.420 e. The molecule has 0 unspecified atom stereocenters. The minimum absolute atomic E-state index is 0.229. The Bertz CT molecular complexity index is 1020. The van der Waals surface area contributed by atoms with Gasteiger partial charge >= 0.3 is 6.09 Å². The van der Waals surface area contributed by atoms with Crippen molar-refractivity contribution in [3.05, 3.63) is 108 Å². The zero-order valence-corrected chi connectivity index (χ0v) is 15.7. The summed E-state index contributed by atoms with van der Waals surface area (Å²) in [5.41, 5.74) is 4.14. The molecule has 1 amide bonds. The van der Waals surface area contributed by atoms with E-state index in [1.165, 1.54) is 5.56 Å². The van der Waals surface area contributed by atoms with E-state index in [0.29, 0.717) is 5.75 Å². The number of carbonyl (C=O) groups is 1. The second-order valence-electron chi connectivity index (χ2n) is 6.73. The summed E-state index contributed by atoms with van der Waals surface area (Å²) in [6, 6.07) is 25.0. The number of ether oxygens (including phenoxy) is 1. The zero-order valence-electron chi connectivity index (χ0n) is 15.7. The van der Waals surface area contributed by atoms with Gasteiger partial charge in [-0.2, -0.15) is 0 Å². The van der Waals surface area contributed by atoms with E-state index in [4.69, 9.17) is 4.74 Å². The molecule has 0 aromatic heterocycles. The molecule has 0 spiro atoms. The van der Waals surface area contributed by atoms with E-state index < -0.39 is 6.09 Å². The van der Waals surface area contributed by atoms with Crippen LogP contribution in [0.25, 0.3) is 12.2 Å². The molecule has 1 aliphatic heterocycles. The number of aryl methyl sites for hydroxylation is 1. The van der Waals surface area contributed by atoms with Crippen LogP contribution in [-0.2, 0) is 0 Å². The maximum absolute atomic E-state index is 13.0. The van der Waals surface area contributed by atoms with Gasteiger partial charge in [0.1, 0.15) is 5.75 Å². The van der Waals surface area contributed by atoms with Crippen LogP contribution in [0, 0.1) is 6.92 Å². The van der Waals surface area contributed by atoms with Crippen LogP contribution < -0.4 is 9.64 Å². The number of hydrogen-bond donors (Lipinski definition) is 0. The predicted octanol–water partition coefficient (Wildman–Crippen LogP) is 6.11. The Hall–Kier alpha value is -3.59. The molecule has 4 rings (SSSR count). The molecule has 0 N–H and O–H groups in total. The zero-order chi connectivity index (χ0) is 19.3. The molecule has 1 heterocycles. The smallest absolute Gasteiger partial charge is 0.410 e. The number of amides is 1. The van der Waals surface area contributed by atoms with Gasteiger partial charge in [-0.25, -0.2) is 4.79 Å². The molecule has 3 aromatic carbocycles. The van der Waals surface area contributed by atoms with Crippen LogP contribution in [0.5, 0.6) is 5.75 Å². The lowest BCUT2D eigenvalue weighted by Gasteiger charge is -2.31. The Morgan fingerprint density at radius 3 is 2.43 bits per heavy atom.